The number of anilines is 1. The smallest absolute Gasteiger partial charge is 0.267 e. The SMILES string of the molecule is O=C(Cn1nc(-n2cccn2)ccc1=O)Nc1cccc2ccccc12. The first kappa shape index (κ1) is 15.8. The van der Waals surface area contributed by atoms with Crippen molar-refractivity contribution in [2.75, 3.05) is 5.32 Å². The van der Waals surface area contributed by atoms with Crippen LogP contribution in [0.15, 0.2) is 77.9 Å². The maximum absolute atomic E-state index is 12.4. The predicted molar refractivity (Wildman–Crippen MR) is 98.2 cm³/mol. The summed E-state index contributed by atoms with van der Waals surface area (Å²) in [6, 6.07) is 18.1. The summed E-state index contributed by atoms with van der Waals surface area (Å²) in [4.78, 5) is 24.5. The summed E-state index contributed by atoms with van der Waals surface area (Å²) in [5.41, 5.74) is 0.346. The van der Waals surface area contributed by atoms with Crippen molar-refractivity contribution in [3.8, 4) is 5.82 Å². The lowest BCUT2D eigenvalue weighted by molar-refractivity contribution is -0.117. The predicted octanol–water partition coefficient (Wildman–Crippen LogP) is 2.22. The Labute approximate surface area is 148 Å². The third kappa shape index (κ3) is 3.10. The fourth-order valence-electron chi connectivity index (χ4n) is 2.74. The lowest BCUT2D eigenvalue weighted by Crippen LogP contribution is -2.30. The van der Waals surface area contributed by atoms with E-state index in [2.05, 4.69) is 15.5 Å². The molecule has 0 spiro atoms. The molecule has 0 bridgehead atoms. The van der Waals surface area contributed by atoms with Gasteiger partial charge >= 0.3 is 0 Å². The van der Waals surface area contributed by atoms with Crippen LogP contribution in [0.5, 0.6) is 0 Å². The number of rotatable bonds is 4. The van der Waals surface area contributed by atoms with Crippen LogP contribution in [0.4, 0.5) is 5.69 Å². The Morgan fingerprint density at radius 1 is 1.00 bits per heavy atom. The molecule has 1 N–H and O–H groups in total. The van der Waals surface area contributed by atoms with E-state index in [1.54, 1.807) is 24.5 Å². The van der Waals surface area contributed by atoms with Crippen LogP contribution in [0.25, 0.3) is 16.6 Å². The normalized spacial score (nSPS) is 10.8. The summed E-state index contributed by atoms with van der Waals surface area (Å²) >= 11 is 0. The zero-order valence-corrected chi connectivity index (χ0v) is 13.7. The maximum Gasteiger partial charge on any atom is 0.267 e. The molecule has 2 heterocycles. The van der Waals surface area contributed by atoms with Crippen LogP contribution >= 0.6 is 0 Å². The maximum atomic E-state index is 12.4. The van der Waals surface area contributed by atoms with Crippen molar-refractivity contribution in [1.82, 2.24) is 19.6 Å². The zero-order chi connectivity index (χ0) is 17.9. The lowest BCUT2D eigenvalue weighted by Gasteiger charge is -2.10. The van der Waals surface area contributed by atoms with Crippen molar-refractivity contribution in [2.45, 2.75) is 6.54 Å². The number of benzene rings is 2. The van der Waals surface area contributed by atoms with Crippen LogP contribution in [0, 0.1) is 0 Å². The number of fused-ring (bicyclic) bond motifs is 1. The summed E-state index contributed by atoms with van der Waals surface area (Å²) in [7, 11) is 0. The van der Waals surface area contributed by atoms with Gasteiger partial charge in [-0.25, -0.2) is 9.36 Å². The first-order valence-electron chi connectivity index (χ1n) is 8.06. The number of carbonyl (C=O) groups is 1. The summed E-state index contributed by atoms with van der Waals surface area (Å²) in [5.74, 6) is 0.140. The second kappa shape index (κ2) is 6.64. The van der Waals surface area contributed by atoms with Crippen LogP contribution in [0.3, 0.4) is 0 Å². The standard InChI is InChI=1S/C19H15N5O2/c25-18(21-16-8-3-6-14-5-1-2-7-15(14)16)13-24-19(26)10-9-17(22-24)23-12-4-11-20-23/h1-12H,13H2,(H,21,25). The Morgan fingerprint density at radius 2 is 1.85 bits per heavy atom. The third-order valence-electron chi connectivity index (χ3n) is 3.95. The number of carbonyl (C=O) groups excluding carboxylic acids is 1. The van der Waals surface area contributed by atoms with E-state index in [-0.39, 0.29) is 18.0 Å². The minimum Gasteiger partial charge on any atom is -0.324 e. The average Bonchev–Trinajstić information content (AvgIpc) is 3.18. The van der Waals surface area contributed by atoms with Gasteiger partial charge in [0.25, 0.3) is 5.56 Å². The molecule has 7 nitrogen and oxygen atoms in total. The van der Waals surface area contributed by atoms with E-state index in [0.717, 1.165) is 15.5 Å². The highest BCUT2D eigenvalue weighted by atomic mass is 16.2. The number of nitrogens with zero attached hydrogens (tertiary/aromatic N) is 4. The van der Waals surface area contributed by atoms with E-state index in [4.69, 9.17) is 0 Å². The molecular formula is C19H15N5O2. The number of amides is 1. The monoisotopic (exact) mass is 345 g/mol. The highest BCUT2D eigenvalue weighted by Crippen LogP contribution is 2.22. The van der Waals surface area contributed by atoms with Gasteiger partial charge in [0.05, 0.1) is 0 Å². The quantitative estimate of drug-likeness (QED) is 0.615. The van der Waals surface area contributed by atoms with Gasteiger partial charge in [-0.3, -0.25) is 9.59 Å². The number of nitrogens with one attached hydrogen (secondary N) is 1. The summed E-state index contributed by atoms with van der Waals surface area (Å²) in [6.45, 7) is -0.183. The average molecular weight is 345 g/mol. The molecule has 4 rings (SSSR count). The van der Waals surface area contributed by atoms with Gasteiger partial charge in [0, 0.05) is 29.5 Å². The highest BCUT2D eigenvalue weighted by molar-refractivity contribution is 6.01. The first-order valence-corrected chi connectivity index (χ1v) is 8.06. The van der Waals surface area contributed by atoms with Crippen LogP contribution in [-0.2, 0) is 11.3 Å². The van der Waals surface area contributed by atoms with E-state index in [1.807, 2.05) is 42.5 Å². The van der Waals surface area contributed by atoms with Gasteiger partial charge in [-0.05, 0) is 23.6 Å². The molecule has 0 radical (unpaired) electrons. The largest absolute Gasteiger partial charge is 0.324 e. The van der Waals surface area contributed by atoms with Gasteiger partial charge in [0.1, 0.15) is 6.54 Å². The Kier molecular flexibility index (Phi) is 4.03. The Hall–Kier alpha value is -3.74. The molecule has 0 saturated heterocycles. The van der Waals surface area contributed by atoms with Gasteiger partial charge in [-0.15, -0.1) is 5.10 Å². The summed E-state index contributed by atoms with van der Waals surface area (Å²) < 4.78 is 2.65. The van der Waals surface area contributed by atoms with Crippen LogP contribution < -0.4 is 10.9 Å². The van der Waals surface area contributed by atoms with E-state index in [0.29, 0.717) is 11.5 Å². The molecule has 0 atom stereocenters. The second-order valence-electron chi connectivity index (χ2n) is 5.71. The van der Waals surface area contributed by atoms with E-state index < -0.39 is 0 Å². The van der Waals surface area contributed by atoms with Crippen molar-refractivity contribution in [3.05, 3.63) is 83.4 Å². The van der Waals surface area contributed by atoms with E-state index in [9.17, 15) is 9.59 Å². The number of aromatic nitrogens is 4. The molecule has 128 valence electrons. The first-order chi connectivity index (χ1) is 12.7. The molecule has 0 unspecified atom stereocenters. The second-order valence-corrected chi connectivity index (χ2v) is 5.71. The molecule has 1 amide bonds. The molecule has 2 aromatic carbocycles. The molecule has 0 saturated carbocycles. The molecular weight excluding hydrogens is 330 g/mol. The molecule has 4 aromatic rings. The fraction of sp³-hybridized carbons (Fsp3) is 0.0526. The van der Waals surface area contributed by atoms with Crippen molar-refractivity contribution in [2.24, 2.45) is 0 Å². The topological polar surface area (TPSA) is 81.8 Å². The Morgan fingerprint density at radius 3 is 2.69 bits per heavy atom. The Balaban J connectivity index is 1.58. The summed E-state index contributed by atoms with van der Waals surface area (Å²) in [5, 5.41) is 13.1. The zero-order valence-electron chi connectivity index (χ0n) is 13.7. The van der Waals surface area contributed by atoms with Gasteiger partial charge in [-0.2, -0.15) is 5.10 Å². The molecule has 0 aliphatic carbocycles. The van der Waals surface area contributed by atoms with E-state index in [1.165, 1.54) is 10.7 Å². The van der Waals surface area contributed by atoms with Crippen molar-refractivity contribution >= 4 is 22.4 Å². The molecule has 0 fully saturated rings. The summed E-state index contributed by atoms with van der Waals surface area (Å²) in [6.07, 6.45) is 3.33. The molecule has 0 aliphatic rings. The lowest BCUT2D eigenvalue weighted by atomic mass is 10.1. The van der Waals surface area contributed by atoms with Crippen molar-refractivity contribution in [3.63, 3.8) is 0 Å². The van der Waals surface area contributed by atoms with Gasteiger partial charge in [0.2, 0.25) is 5.91 Å². The van der Waals surface area contributed by atoms with Crippen molar-refractivity contribution < 1.29 is 4.79 Å². The molecule has 0 aliphatic heterocycles. The highest BCUT2D eigenvalue weighted by Gasteiger charge is 2.10. The number of hydrogen-bond donors (Lipinski definition) is 1. The van der Waals surface area contributed by atoms with Crippen LogP contribution in [0.1, 0.15) is 0 Å². The van der Waals surface area contributed by atoms with Gasteiger partial charge in [-0.1, -0.05) is 36.4 Å². The number of hydrogen-bond acceptors (Lipinski definition) is 4. The molecule has 2 aromatic heterocycles. The molecule has 26 heavy (non-hydrogen) atoms. The molecule has 7 heteroatoms. The minimum absolute atomic E-state index is 0.183. The Bertz CT molecular complexity index is 1130. The minimum atomic E-state index is -0.353. The van der Waals surface area contributed by atoms with Crippen LogP contribution in [0.2, 0.25) is 0 Å². The van der Waals surface area contributed by atoms with E-state index >= 15 is 0 Å². The third-order valence-corrected chi connectivity index (χ3v) is 3.95. The fourth-order valence-corrected chi connectivity index (χ4v) is 2.74. The van der Waals surface area contributed by atoms with Gasteiger partial charge in [0.15, 0.2) is 5.82 Å². The van der Waals surface area contributed by atoms with Crippen LogP contribution in [-0.4, -0.2) is 25.5 Å². The van der Waals surface area contributed by atoms with Gasteiger partial charge < -0.3 is 5.32 Å². The van der Waals surface area contributed by atoms with Crippen molar-refractivity contribution in [1.29, 1.82) is 0 Å².